The van der Waals surface area contributed by atoms with E-state index < -0.39 is 0 Å². The van der Waals surface area contributed by atoms with E-state index in [0.29, 0.717) is 12.5 Å². The molecule has 0 spiro atoms. The molecule has 1 amide bonds. The highest BCUT2D eigenvalue weighted by molar-refractivity contribution is 5.78. The largest absolute Gasteiger partial charge is 0.342 e. The lowest BCUT2D eigenvalue weighted by Crippen LogP contribution is -2.42. The van der Waals surface area contributed by atoms with Crippen molar-refractivity contribution in [2.24, 2.45) is 0 Å². The van der Waals surface area contributed by atoms with Gasteiger partial charge in [0.2, 0.25) is 5.91 Å². The molecule has 0 unspecified atom stereocenters. The van der Waals surface area contributed by atoms with Gasteiger partial charge in [-0.2, -0.15) is 0 Å². The SMILES string of the molecule is Cc1ccccc1-c1cncc(C2CCN(C(=O)CN(C)C)CC2)n1. The summed E-state index contributed by atoms with van der Waals surface area (Å²) in [7, 11) is 3.86. The molecule has 3 rings (SSSR count). The first kappa shape index (κ1) is 17.5. The average Bonchev–Trinajstić information content (AvgIpc) is 2.62. The first-order valence-corrected chi connectivity index (χ1v) is 8.85. The van der Waals surface area contributed by atoms with Crippen LogP contribution in [0.25, 0.3) is 11.3 Å². The average molecular weight is 338 g/mol. The van der Waals surface area contributed by atoms with Gasteiger partial charge < -0.3 is 9.80 Å². The van der Waals surface area contributed by atoms with Gasteiger partial charge in [-0.15, -0.1) is 0 Å². The first-order valence-electron chi connectivity index (χ1n) is 8.85. The van der Waals surface area contributed by atoms with Crippen LogP contribution in [0.3, 0.4) is 0 Å². The van der Waals surface area contributed by atoms with E-state index >= 15 is 0 Å². The molecule has 1 aromatic heterocycles. The van der Waals surface area contributed by atoms with E-state index in [1.807, 2.05) is 48.4 Å². The molecule has 0 N–H and O–H groups in total. The molecular formula is C20H26N4O. The Labute approximate surface area is 149 Å². The summed E-state index contributed by atoms with van der Waals surface area (Å²) in [5.74, 6) is 0.586. The van der Waals surface area contributed by atoms with E-state index in [1.54, 1.807) is 0 Å². The number of likely N-dealkylation sites (N-methyl/N-ethyl adjacent to an activating group) is 1. The number of aromatic nitrogens is 2. The fraction of sp³-hybridized carbons (Fsp3) is 0.450. The number of likely N-dealkylation sites (tertiary alicyclic amines) is 1. The maximum atomic E-state index is 12.2. The van der Waals surface area contributed by atoms with Crippen molar-refractivity contribution in [2.75, 3.05) is 33.7 Å². The van der Waals surface area contributed by atoms with Crippen LogP contribution in [-0.4, -0.2) is 59.4 Å². The predicted octanol–water partition coefficient (Wildman–Crippen LogP) is 2.72. The molecule has 132 valence electrons. The molecule has 0 atom stereocenters. The van der Waals surface area contributed by atoms with E-state index in [-0.39, 0.29) is 5.91 Å². The van der Waals surface area contributed by atoms with Crippen LogP contribution in [0.4, 0.5) is 0 Å². The fourth-order valence-electron chi connectivity index (χ4n) is 3.36. The number of aryl methyl sites for hydroxylation is 1. The Hall–Kier alpha value is -2.27. The van der Waals surface area contributed by atoms with E-state index in [0.717, 1.165) is 42.9 Å². The molecule has 0 radical (unpaired) electrons. The van der Waals surface area contributed by atoms with Gasteiger partial charge in [0.25, 0.3) is 0 Å². The number of nitrogens with zero attached hydrogens (tertiary/aromatic N) is 4. The van der Waals surface area contributed by atoms with Crippen molar-refractivity contribution in [2.45, 2.75) is 25.7 Å². The summed E-state index contributed by atoms with van der Waals surface area (Å²) in [5, 5.41) is 0. The number of benzene rings is 1. The molecule has 5 heteroatoms. The maximum absolute atomic E-state index is 12.2. The third-order valence-corrected chi connectivity index (χ3v) is 4.79. The minimum atomic E-state index is 0.211. The first-order chi connectivity index (χ1) is 12.0. The third kappa shape index (κ3) is 4.23. The van der Waals surface area contributed by atoms with Crippen molar-refractivity contribution in [1.82, 2.24) is 19.8 Å². The summed E-state index contributed by atoms with van der Waals surface area (Å²) >= 11 is 0. The number of carbonyl (C=O) groups excluding carboxylic acids is 1. The van der Waals surface area contributed by atoms with Crippen LogP contribution < -0.4 is 0 Å². The second kappa shape index (κ2) is 7.74. The lowest BCUT2D eigenvalue weighted by atomic mass is 9.93. The zero-order chi connectivity index (χ0) is 17.8. The monoisotopic (exact) mass is 338 g/mol. The Morgan fingerprint density at radius 2 is 1.92 bits per heavy atom. The van der Waals surface area contributed by atoms with Crippen LogP contribution in [0.1, 0.15) is 30.0 Å². The molecular weight excluding hydrogens is 312 g/mol. The lowest BCUT2D eigenvalue weighted by molar-refractivity contribution is -0.132. The highest BCUT2D eigenvalue weighted by Crippen LogP contribution is 2.28. The number of amides is 1. The number of carbonyl (C=O) groups is 1. The van der Waals surface area contributed by atoms with Gasteiger partial charge in [0, 0.05) is 30.8 Å². The van der Waals surface area contributed by atoms with E-state index in [1.165, 1.54) is 5.56 Å². The van der Waals surface area contributed by atoms with Gasteiger partial charge >= 0.3 is 0 Å². The zero-order valence-electron chi connectivity index (χ0n) is 15.3. The van der Waals surface area contributed by atoms with Gasteiger partial charge in [0.1, 0.15) is 0 Å². The highest BCUT2D eigenvalue weighted by atomic mass is 16.2. The summed E-state index contributed by atoms with van der Waals surface area (Å²) in [5.41, 5.74) is 4.32. The molecule has 25 heavy (non-hydrogen) atoms. The Morgan fingerprint density at radius 1 is 1.20 bits per heavy atom. The van der Waals surface area contributed by atoms with Gasteiger partial charge in [0.15, 0.2) is 0 Å². The molecule has 2 aromatic rings. The van der Waals surface area contributed by atoms with Crippen LogP contribution in [0, 0.1) is 6.92 Å². The standard InChI is InChI=1S/C20H26N4O/c1-15-6-4-5-7-17(15)19-13-21-12-18(22-19)16-8-10-24(11-9-16)20(25)14-23(2)3/h4-7,12-13,16H,8-11,14H2,1-3H3. The molecule has 5 nitrogen and oxygen atoms in total. The smallest absolute Gasteiger partial charge is 0.236 e. The number of rotatable bonds is 4. The molecule has 0 aliphatic carbocycles. The zero-order valence-corrected chi connectivity index (χ0v) is 15.3. The molecule has 1 aromatic carbocycles. The summed E-state index contributed by atoms with van der Waals surface area (Å²) in [4.78, 5) is 25.4. The lowest BCUT2D eigenvalue weighted by Gasteiger charge is -2.32. The Morgan fingerprint density at radius 3 is 2.60 bits per heavy atom. The second-order valence-electron chi connectivity index (χ2n) is 7.04. The molecule has 2 heterocycles. The summed E-state index contributed by atoms with van der Waals surface area (Å²) in [6.07, 6.45) is 5.61. The van der Waals surface area contributed by atoms with E-state index in [4.69, 9.17) is 4.98 Å². The van der Waals surface area contributed by atoms with Gasteiger partial charge in [-0.3, -0.25) is 9.78 Å². The van der Waals surface area contributed by atoms with Gasteiger partial charge in [-0.05, 0) is 39.4 Å². The quantitative estimate of drug-likeness (QED) is 0.860. The number of piperidine rings is 1. The molecule has 0 saturated carbocycles. The Kier molecular flexibility index (Phi) is 5.43. The van der Waals surface area contributed by atoms with Crippen molar-refractivity contribution in [1.29, 1.82) is 0 Å². The second-order valence-corrected chi connectivity index (χ2v) is 7.04. The van der Waals surface area contributed by atoms with Gasteiger partial charge in [-0.1, -0.05) is 24.3 Å². The summed E-state index contributed by atoms with van der Waals surface area (Å²) in [6.45, 7) is 4.17. The Balaban J connectivity index is 1.69. The van der Waals surface area contributed by atoms with Gasteiger partial charge in [-0.25, -0.2) is 4.98 Å². The minimum absolute atomic E-state index is 0.211. The number of hydrogen-bond donors (Lipinski definition) is 0. The van der Waals surface area contributed by atoms with E-state index in [2.05, 4.69) is 24.0 Å². The fourth-order valence-corrected chi connectivity index (χ4v) is 3.36. The molecule has 1 aliphatic rings. The molecule has 1 aliphatic heterocycles. The minimum Gasteiger partial charge on any atom is -0.342 e. The van der Waals surface area contributed by atoms with Crippen LogP contribution in [0.15, 0.2) is 36.7 Å². The van der Waals surface area contributed by atoms with Crippen LogP contribution in [0.5, 0.6) is 0 Å². The summed E-state index contributed by atoms with van der Waals surface area (Å²) in [6, 6.07) is 8.26. The van der Waals surface area contributed by atoms with Crippen molar-refractivity contribution >= 4 is 5.91 Å². The maximum Gasteiger partial charge on any atom is 0.236 e. The van der Waals surface area contributed by atoms with Crippen molar-refractivity contribution < 1.29 is 4.79 Å². The van der Waals surface area contributed by atoms with Crippen LogP contribution >= 0.6 is 0 Å². The highest BCUT2D eigenvalue weighted by Gasteiger charge is 2.25. The van der Waals surface area contributed by atoms with Crippen LogP contribution in [0.2, 0.25) is 0 Å². The third-order valence-electron chi connectivity index (χ3n) is 4.79. The number of hydrogen-bond acceptors (Lipinski definition) is 4. The van der Waals surface area contributed by atoms with E-state index in [9.17, 15) is 4.79 Å². The Bertz CT molecular complexity index is 736. The van der Waals surface area contributed by atoms with Crippen molar-refractivity contribution in [3.63, 3.8) is 0 Å². The van der Waals surface area contributed by atoms with Crippen LogP contribution in [-0.2, 0) is 4.79 Å². The van der Waals surface area contributed by atoms with Crippen molar-refractivity contribution in [3.05, 3.63) is 47.9 Å². The molecule has 0 bridgehead atoms. The summed E-state index contributed by atoms with van der Waals surface area (Å²) < 4.78 is 0. The van der Waals surface area contributed by atoms with Gasteiger partial charge in [0.05, 0.1) is 24.1 Å². The molecule has 1 saturated heterocycles. The normalized spacial score (nSPS) is 15.6. The van der Waals surface area contributed by atoms with Crippen molar-refractivity contribution in [3.8, 4) is 11.3 Å². The molecule has 1 fully saturated rings. The topological polar surface area (TPSA) is 49.3 Å². The predicted molar refractivity (Wildman–Crippen MR) is 99.3 cm³/mol.